The molecular formula is C9H10BrN5. The monoisotopic (exact) mass is 267 g/mol. The molecule has 0 atom stereocenters. The van der Waals surface area contributed by atoms with Crippen LogP contribution in [0.3, 0.4) is 0 Å². The molecule has 0 aliphatic rings. The second-order valence-corrected chi connectivity index (χ2v) is 3.99. The Morgan fingerprint density at radius 1 is 1.47 bits per heavy atom. The van der Waals surface area contributed by atoms with Crippen molar-refractivity contribution >= 4 is 21.6 Å². The quantitative estimate of drug-likeness (QED) is 0.851. The number of nitrogen functional groups attached to an aromatic ring is 1. The molecule has 2 rings (SSSR count). The second-order valence-electron chi connectivity index (χ2n) is 3.24. The Labute approximate surface area is 95.4 Å². The van der Waals surface area contributed by atoms with Gasteiger partial charge in [-0.2, -0.15) is 0 Å². The molecule has 6 heteroatoms. The first kappa shape index (κ1) is 10.1. The third kappa shape index (κ3) is 1.61. The van der Waals surface area contributed by atoms with Gasteiger partial charge in [0.1, 0.15) is 11.4 Å². The molecule has 2 aromatic rings. The summed E-state index contributed by atoms with van der Waals surface area (Å²) in [7, 11) is 1.80. The van der Waals surface area contributed by atoms with Crippen LogP contribution < -0.4 is 5.73 Å². The molecule has 2 N–H and O–H groups in total. The molecule has 0 aliphatic carbocycles. The molecule has 0 bridgehead atoms. The SMILES string of the molecule is Cc1ccnc(-c2c(Br)nnn2C)c1N. The largest absolute Gasteiger partial charge is 0.397 e. The molecular weight excluding hydrogens is 258 g/mol. The highest BCUT2D eigenvalue weighted by atomic mass is 79.9. The average molecular weight is 268 g/mol. The summed E-state index contributed by atoms with van der Waals surface area (Å²) >= 11 is 3.32. The lowest BCUT2D eigenvalue weighted by Gasteiger charge is -2.06. The average Bonchev–Trinajstić information content (AvgIpc) is 2.52. The van der Waals surface area contributed by atoms with E-state index in [-0.39, 0.29) is 0 Å². The van der Waals surface area contributed by atoms with Crippen LogP contribution in [-0.2, 0) is 7.05 Å². The van der Waals surface area contributed by atoms with Crippen LogP contribution in [0.5, 0.6) is 0 Å². The van der Waals surface area contributed by atoms with Crippen molar-refractivity contribution < 1.29 is 0 Å². The van der Waals surface area contributed by atoms with Gasteiger partial charge in [0.15, 0.2) is 4.60 Å². The van der Waals surface area contributed by atoms with Crippen molar-refractivity contribution in [2.24, 2.45) is 7.05 Å². The van der Waals surface area contributed by atoms with Gasteiger partial charge in [0.2, 0.25) is 0 Å². The highest BCUT2D eigenvalue weighted by Gasteiger charge is 2.15. The smallest absolute Gasteiger partial charge is 0.158 e. The Bertz CT molecular complexity index is 486. The van der Waals surface area contributed by atoms with E-state index in [0.717, 1.165) is 11.3 Å². The van der Waals surface area contributed by atoms with Crippen molar-refractivity contribution in [3.63, 3.8) is 0 Å². The lowest BCUT2D eigenvalue weighted by atomic mass is 10.1. The predicted octanol–water partition coefficient (Wildman–Crippen LogP) is 1.53. The molecule has 0 saturated heterocycles. The van der Waals surface area contributed by atoms with Crippen molar-refractivity contribution in [3.05, 3.63) is 22.4 Å². The summed E-state index contributed by atoms with van der Waals surface area (Å²) in [5, 5.41) is 7.78. The van der Waals surface area contributed by atoms with E-state index in [1.807, 2.05) is 13.0 Å². The minimum Gasteiger partial charge on any atom is -0.397 e. The van der Waals surface area contributed by atoms with Gasteiger partial charge in [-0.05, 0) is 34.5 Å². The third-order valence-corrected chi connectivity index (χ3v) is 2.75. The molecule has 15 heavy (non-hydrogen) atoms. The first-order chi connectivity index (χ1) is 7.11. The summed E-state index contributed by atoms with van der Waals surface area (Å²) < 4.78 is 2.29. The zero-order valence-corrected chi connectivity index (χ0v) is 9.98. The van der Waals surface area contributed by atoms with E-state index in [2.05, 4.69) is 31.2 Å². The summed E-state index contributed by atoms with van der Waals surface area (Å²) in [6, 6.07) is 1.87. The van der Waals surface area contributed by atoms with Crippen LogP contribution in [0, 0.1) is 6.92 Å². The molecule has 0 aromatic carbocycles. The Balaban J connectivity index is 2.69. The van der Waals surface area contributed by atoms with Crippen molar-refractivity contribution in [3.8, 4) is 11.4 Å². The number of halogens is 1. The zero-order chi connectivity index (χ0) is 11.0. The van der Waals surface area contributed by atoms with Gasteiger partial charge in [0.25, 0.3) is 0 Å². The molecule has 2 heterocycles. The van der Waals surface area contributed by atoms with E-state index in [1.165, 1.54) is 0 Å². The van der Waals surface area contributed by atoms with E-state index >= 15 is 0 Å². The van der Waals surface area contributed by atoms with Gasteiger partial charge < -0.3 is 5.73 Å². The van der Waals surface area contributed by atoms with Crippen LogP contribution >= 0.6 is 15.9 Å². The number of rotatable bonds is 1. The summed E-state index contributed by atoms with van der Waals surface area (Å²) in [6.45, 7) is 1.94. The van der Waals surface area contributed by atoms with E-state index in [0.29, 0.717) is 16.0 Å². The predicted molar refractivity (Wildman–Crippen MR) is 61.1 cm³/mol. The van der Waals surface area contributed by atoms with Crippen molar-refractivity contribution in [2.45, 2.75) is 6.92 Å². The zero-order valence-electron chi connectivity index (χ0n) is 8.40. The number of nitrogens with zero attached hydrogens (tertiary/aromatic N) is 4. The number of nitrogens with two attached hydrogens (primary N) is 1. The van der Waals surface area contributed by atoms with E-state index < -0.39 is 0 Å². The molecule has 0 aliphatic heterocycles. The Hall–Kier alpha value is -1.43. The summed E-state index contributed by atoms with van der Waals surface area (Å²) in [5.41, 5.74) is 9.10. The first-order valence-electron chi connectivity index (χ1n) is 4.38. The van der Waals surface area contributed by atoms with Crippen LogP contribution in [0.15, 0.2) is 16.9 Å². The lowest BCUT2D eigenvalue weighted by Crippen LogP contribution is -2.01. The molecule has 0 spiro atoms. The minimum absolute atomic E-state index is 0.648. The fourth-order valence-electron chi connectivity index (χ4n) is 1.34. The minimum atomic E-state index is 0.648. The van der Waals surface area contributed by atoms with Gasteiger partial charge in [-0.1, -0.05) is 5.21 Å². The maximum atomic E-state index is 5.96. The maximum Gasteiger partial charge on any atom is 0.158 e. The van der Waals surface area contributed by atoms with Crippen LogP contribution in [0.2, 0.25) is 0 Å². The van der Waals surface area contributed by atoms with Crippen LogP contribution in [0.1, 0.15) is 5.56 Å². The first-order valence-corrected chi connectivity index (χ1v) is 5.17. The third-order valence-electron chi connectivity index (χ3n) is 2.22. The van der Waals surface area contributed by atoms with Crippen LogP contribution in [0.4, 0.5) is 5.69 Å². The standard InChI is InChI=1S/C9H10BrN5/c1-5-3-4-12-7(6(5)11)8-9(10)13-14-15(8)2/h3-4H,11H2,1-2H3. The summed E-state index contributed by atoms with van der Waals surface area (Å²) in [6.07, 6.45) is 1.72. The fraction of sp³-hybridized carbons (Fsp3) is 0.222. The number of pyridine rings is 1. The molecule has 0 fully saturated rings. The molecule has 0 saturated carbocycles. The van der Waals surface area contributed by atoms with Gasteiger partial charge in [-0.3, -0.25) is 4.98 Å². The highest BCUT2D eigenvalue weighted by Crippen LogP contribution is 2.29. The number of hydrogen-bond donors (Lipinski definition) is 1. The molecule has 5 nitrogen and oxygen atoms in total. The van der Waals surface area contributed by atoms with Crippen molar-refractivity contribution in [1.29, 1.82) is 0 Å². The number of aromatic nitrogens is 4. The van der Waals surface area contributed by atoms with Crippen molar-refractivity contribution in [1.82, 2.24) is 20.0 Å². The Morgan fingerprint density at radius 3 is 2.80 bits per heavy atom. The highest BCUT2D eigenvalue weighted by molar-refractivity contribution is 9.10. The van der Waals surface area contributed by atoms with Gasteiger partial charge in [-0.25, -0.2) is 4.68 Å². The van der Waals surface area contributed by atoms with Crippen LogP contribution in [0.25, 0.3) is 11.4 Å². The number of anilines is 1. The molecule has 2 aromatic heterocycles. The fourth-order valence-corrected chi connectivity index (χ4v) is 1.86. The maximum absolute atomic E-state index is 5.96. The number of aryl methyl sites for hydroxylation is 2. The van der Waals surface area contributed by atoms with E-state index in [4.69, 9.17) is 5.73 Å². The molecule has 0 radical (unpaired) electrons. The second kappa shape index (κ2) is 3.62. The molecule has 0 amide bonds. The van der Waals surface area contributed by atoms with Gasteiger partial charge in [0.05, 0.1) is 5.69 Å². The van der Waals surface area contributed by atoms with Crippen molar-refractivity contribution in [2.75, 3.05) is 5.73 Å². The molecule has 0 unspecified atom stereocenters. The Kier molecular flexibility index (Phi) is 2.44. The Morgan fingerprint density at radius 2 is 2.20 bits per heavy atom. The summed E-state index contributed by atoms with van der Waals surface area (Å²) in [5.74, 6) is 0. The molecule has 78 valence electrons. The van der Waals surface area contributed by atoms with E-state index in [1.54, 1.807) is 17.9 Å². The normalized spacial score (nSPS) is 10.6. The summed E-state index contributed by atoms with van der Waals surface area (Å²) in [4.78, 5) is 4.25. The number of hydrogen-bond acceptors (Lipinski definition) is 4. The topological polar surface area (TPSA) is 69.6 Å². The lowest BCUT2D eigenvalue weighted by molar-refractivity contribution is 0.718. The van der Waals surface area contributed by atoms with Gasteiger partial charge in [0, 0.05) is 13.2 Å². The van der Waals surface area contributed by atoms with Gasteiger partial charge in [-0.15, -0.1) is 5.10 Å². The van der Waals surface area contributed by atoms with Gasteiger partial charge >= 0.3 is 0 Å². The van der Waals surface area contributed by atoms with Crippen LogP contribution in [-0.4, -0.2) is 20.0 Å². The van der Waals surface area contributed by atoms with E-state index in [9.17, 15) is 0 Å².